The number of sulfonamides is 1. The smallest absolute Gasteiger partial charge is 0.273 e. The van der Waals surface area contributed by atoms with Crippen LogP contribution in [0.2, 0.25) is 5.02 Å². The molecule has 1 amide bonds. The summed E-state index contributed by atoms with van der Waals surface area (Å²) in [6.07, 6.45) is 0. The lowest BCUT2D eigenvalue weighted by atomic mass is 10.3. The van der Waals surface area contributed by atoms with Crippen LogP contribution < -0.4 is 4.90 Å². The van der Waals surface area contributed by atoms with Gasteiger partial charge in [0.15, 0.2) is 5.17 Å². The number of carbonyl (C=O) groups excluding carboxylic acids is 1. The Hall–Kier alpha value is -1.83. The molecule has 0 saturated carbocycles. The van der Waals surface area contributed by atoms with Crippen molar-refractivity contribution in [3.05, 3.63) is 59.6 Å². The number of carbonyl (C=O) groups is 1. The summed E-state index contributed by atoms with van der Waals surface area (Å²) in [4.78, 5) is 13.8. The molecule has 0 aromatic heterocycles. The Morgan fingerprint density at radius 3 is 2.33 bits per heavy atom. The molecule has 8 heteroatoms. The number of rotatable bonds is 3. The van der Waals surface area contributed by atoms with E-state index in [-0.39, 0.29) is 16.0 Å². The van der Waals surface area contributed by atoms with Gasteiger partial charge in [0.05, 0.1) is 15.8 Å². The minimum atomic E-state index is -3.93. The second-order valence-corrected chi connectivity index (χ2v) is 8.42. The van der Waals surface area contributed by atoms with Gasteiger partial charge in [0.1, 0.15) is 0 Å². The molecule has 0 aliphatic carbocycles. The third-order valence-electron chi connectivity index (χ3n) is 3.37. The Morgan fingerprint density at radius 2 is 1.71 bits per heavy atom. The molecule has 1 atom stereocenters. The molecule has 3 rings (SSSR count). The average molecular weight is 381 g/mol. The van der Waals surface area contributed by atoms with Gasteiger partial charge in [0.2, 0.25) is 5.91 Å². The SMILES string of the molecule is CC1SC(=NS(=O)(=O)c2ccc(Cl)cc2)N(c2ccccc2)C1=O. The first-order valence-electron chi connectivity index (χ1n) is 7.05. The van der Waals surface area contributed by atoms with Gasteiger partial charge >= 0.3 is 0 Å². The molecule has 1 aliphatic heterocycles. The van der Waals surface area contributed by atoms with E-state index in [9.17, 15) is 13.2 Å². The fourth-order valence-corrected chi connectivity index (χ4v) is 4.46. The highest BCUT2D eigenvalue weighted by atomic mass is 35.5. The lowest BCUT2D eigenvalue weighted by Crippen LogP contribution is -2.31. The molecule has 24 heavy (non-hydrogen) atoms. The van der Waals surface area contributed by atoms with Crippen LogP contribution >= 0.6 is 23.4 Å². The number of hydrogen-bond donors (Lipinski definition) is 0. The Labute approximate surface area is 149 Å². The van der Waals surface area contributed by atoms with Gasteiger partial charge in [-0.2, -0.15) is 8.42 Å². The van der Waals surface area contributed by atoms with Crippen LogP contribution in [0.15, 0.2) is 63.9 Å². The summed E-state index contributed by atoms with van der Waals surface area (Å²) < 4.78 is 28.9. The number of amides is 1. The maximum Gasteiger partial charge on any atom is 0.284 e. The van der Waals surface area contributed by atoms with Crippen molar-refractivity contribution in [2.75, 3.05) is 4.90 Å². The van der Waals surface area contributed by atoms with Gasteiger partial charge in [-0.3, -0.25) is 9.69 Å². The molecule has 0 spiro atoms. The van der Waals surface area contributed by atoms with E-state index in [2.05, 4.69) is 4.40 Å². The van der Waals surface area contributed by atoms with Gasteiger partial charge in [-0.1, -0.05) is 41.6 Å². The second kappa shape index (κ2) is 6.58. The maximum absolute atomic E-state index is 12.5. The van der Waals surface area contributed by atoms with Crippen LogP contribution in [0.3, 0.4) is 0 Å². The van der Waals surface area contributed by atoms with E-state index in [1.165, 1.54) is 29.2 Å². The lowest BCUT2D eigenvalue weighted by Gasteiger charge is -2.15. The molecular formula is C16H13ClN2O3S2. The molecule has 2 aromatic carbocycles. The topological polar surface area (TPSA) is 66.8 Å². The monoisotopic (exact) mass is 380 g/mol. The Kier molecular flexibility index (Phi) is 4.67. The number of anilines is 1. The van der Waals surface area contributed by atoms with Crippen LogP contribution in [0.4, 0.5) is 5.69 Å². The molecule has 1 saturated heterocycles. The summed E-state index contributed by atoms with van der Waals surface area (Å²) in [6.45, 7) is 1.72. The zero-order chi connectivity index (χ0) is 17.3. The highest BCUT2D eigenvalue weighted by molar-refractivity contribution is 8.16. The molecule has 0 N–H and O–H groups in total. The minimum Gasteiger partial charge on any atom is -0.273 e. The first-order valence-corrected chi connectivity index (χ1v) is 9.74. The van der Waals surface area contributed by atoms with E-state index in [0.717, 1.165) is 11.8 Å². The van der Waals surface area contributed by atoms with E-state index < -0.39 is 15.3 Å². The molecular weight excluding hydrogens is 368 g/mol. The van der Waals surface area contributed by atoms with E-state index in [0.29, 0.717) is 10.7 Å². The Bertz CT molecular complexity index is 897. The zero-order valence-corrected chi connectivity index (χ0v) is 15.0. The fraction of sp³-hybridized carbons (Fsp3) is 0.125. The maximum atomic E-state index is 12.5. The van der Waals surface area contributed by atoms with Gasteiger partial charge in [0, 0.05) is 5.02 Å². The first kappa shape index (κ1) is 17.0. The van der Waals surface area contributed by atoms with Crippen molar-refractivity contribution < 1.29 is 13.2 Å². The highest BCUT2D eigenvalue weighted by Crippen LogP contribution is 2.32. The van der Waals surface area contributed by atoms with Crippen LogP contribution in [0.5, 0.6) is 0 Å². The van der Waals surface area contributed by atoms with Crippen molar-refractivity contribution in [1.29, 1.82) is 0 Å². The van der Waals surface area contributed by atoms with Crippen LogP contribution in [0.1, 0.15) is 6.92 Å². The number of amidine groups is 1. The zero-order valence-electron chi connectivity index (χ0n) is 12.6. The second-order valence-electron chi connectivity index (χ2n) is 5.07. The number of nitrogens with zero attached hydrogens (tertiary/aromatic N) is 2. The van der Waals surface area contributed by atoms with E-state index >= 15 is 0 Å². The molecule has 1 heterocycles. The quantitative estimate of drug-likeness (QED) is 0.816. The van der Waals surface area contributed by atoms with Crippen LogP contribution in [-0.2, 0) is 14.8 Å². The molecule has 2 aromatic rings. The predicted octanol–water partition coefficient (Wildman–Crippen LogP) is 3.55. The third kappa shape index (κ3) is 3.33. The fourth-order valence-electron chi connectivity index (χ4n) is 2.18. The number of para-hydroxylation sites is 1. The third-order valence-corrected chi connectivity index (χ3v) is 6.05. The summed E-state index contributed by atoms with van der Waals surface area (Å²) >= 11 is 6.91. The number of halogens is 1. The van der Waals surface area contributed by atoms with Gasteiger partial charge in [-0.25, -0.2) is 0 Å². The van der Waals surface area contributed by atoms with Crippen molar-refractivity contribution in [3.63, 3.8) is 0 Å². The number of benzene rings is 2. The summed E-state index contributed by atoms with van der Waals surface area (Å²) in [5, 5.41) is 0.185. The van der Waals surface area contributed by atoms with Crippen molar-refractivity contribution in [3.8, 4) is 0 Å². The molecule has 124 valence electrons. The molecule has 1 unspecified atom stereocenters. The minimum absolute atomic E-state index is 0.0278. The van der Waals surface area contributed by atoms with Gasteiger partial charge in [-0.15, -0.1) is 4.40 Å². The van der Waals surface area contributed by atoms with Gasteiger partial charge < -0.3 is 0 Å². The van der Waals surface area contributed by atoms with Crippen molar-refractivity contribution >= 4 is 50.1 Å². The van der Waals surface area contributed by atoms with Crippen molar-refractivity contribution in [2.45, 2.75) is 17.1 Å². The Morgan fingerprint density at radius 1 is 1.08 bits per heavy atom. The molecule has 5 nitrogen and oxygen atoms in total. The predicted molar refractivity (Wildman–Crippen MR) is 97.1 cm³/mol. The molecule has 1 fully saturated rings. The van der Waals surface area contributed by atoms with Crippen LogP contribution in [0.25, 0.3) is 0 Å². The van der Waals surface area contributed by atoms with E-state index in [1.54, 1.807) is 31.2 Å². The van der Waals surface area contributed by atoms with Crippen LogP contribution in [0, 0.1) is 0 Å². The first-order chi connectivity index (χ1) is 11.4. The normalized spacial score (nSPS) is 19.9. The number of thioether (sulfide) groups is 1. The van der Waals surface area contributed by atoms with Gasteiger partial charge in [-0.05, 0) is 43.3 Å². The average Bonchev–Trinajstić information content (AvgIpc) is 2.82. The van der Waals surface area contributed by atoms with Gasteiger partial charge in [0.25, 0.3) is 10.0 Å². The molecule has 1 aliphatic rings. The Balaban J connectivity index is 2.04. The largest absolute Gasteiger partial charge is 0.284 e. The summed E-state index contributed by atoms with van der Waals surface area (Å²) in [7, 11) is -3.93. The highest BCUT2D eigenvalue weighted by Gasteiger charge is 2.37. The van der Waals surface area contributed by atoms with Crippen molar-refractivity contribution in [2.24, 2.45) is 4.40 Å². The standard InChI is InChI=1S/C16H13ClN2O3S2/c1-11-15(20)19(13-5-3-2-4-6-13)16(23-11)18-24(21,22)14-9-7-12(17)8-10-14/h2-11H,1H3. The lowest BCUT2D eigenvalue weighted by molar-refractivity contribution is -0.116. The molecule has 0 bridgehead atoms. The summed E-state index contributed by atoms with van der Waals surface area (Å²) in [6, 6.07) is 14.6. The van der Waals surface area contributed by atoms with E-state index in [1.807, 2.05) is 6.07 Å². The van der Waals surface area contributed by atoms with Crippen LogP contribution in [-0.4, -0.2) is 24.7 Å². The summed E-state index contributed by atoms with van der Waals surface area (Å²) in [5.74, 6) is -0.198. The van der Waals surface area contributed by atoms with E-state index in [4.69, 9.17) is 11.6 Å². The number of hydrogen-bond acceptors (Lipinski definition) is 4. The van der Waals surface area contributed by atoms with Crippen molar-refractivity contribution in [1.82, 2.24) is 0 Å². The summed E-state index contributed by atoms with van der Waals surface area (Å²) in [5.41, 5.74) is 0.587. The molecule has 0 radical (unpaired) electrons.